The quantitative estimate of drug-likeness (QED) is 0.858. The fourth-order valence-electron chi connectivity index (χ4n) is 3.21. The summed E-state index contributed by atoms with van der Waals surface area (Å²) >= 11 is 0. The van der Waals surface area contributed by atoms with E-state index < -0.39 is 0 Å². The smallest absolute Gasteiger partial charge is 0.193 e. The molecule has 0 bridgehead atoms. The van der Waals surface area contributed by atoms with Crippen LogP contribution in [0, 0.1) is 0 Å². The molecule has 2 aromatic carbocycles. The number of ketones is 1. The third-order valence-electron chi connectivity index (χ3n) is 4.29. The number of nitrogens with one attached hydrogen (secondary N) is 1. The molecule has 2 aliphatic heterocycles. The predicted molar refractivity (Wildman–Crippen MR) is 82.3 cm³/mol. The molecule has 106 valence electrons. The van der Waals surface area contributed by atoms with Crippen molar-refractivity contribution in [3.05, 3.63) is 58.7 Å². The fraction of sp³-hybridized carbons (Fsp3) is 0.278. The number of fused-ring (bicyclic) bond motifs is 2. The summed E-state index contributed by atoms with van der Waals surface area (Å²) in [6, 6.07) is 11.7. The maximum absolute atomic E-state index is 12.8. The number of rotatable bonds is 2. The van der Waals surface area contributed by atoms with E-state index >= 15 is 0 Å². The van der Waals surface area contributed by atoms with Crippen LogP contribution in [0.4, 0.5) is 5.69 Å². The lowest BCUT2D eigenvalue weighted by atomic mass is 9.92. The first-order valence-corrected chi connectivity index (χ1v) is 7.49. The Labute approximate surface area is 123 Å². The topological polar surface area (TPSA) is 38.3 Å². The van der Waals surface area contributed by atoms with E-state index in [1.54, 1.807) is 0 Å². The summed E-state index contributed by atoms with van der Waals surface area (Å²) in [7, 11) is 0. The number of carbonyl (C=O) groups is 1. The van der Waals surface area contributed by atoms with Gasteiger partial charge < -0.3 is 10.1 Å². The van der Waals surface area contributed by atoms with Crippen LogP contribution < -0.4 is 10.1 Å². The van der Waals surface area contributed by atoms with Crippen LogP contribution in [0.3, 0.4) is 0 Å². The van der Waals surface area contributed by atoms with Crippen LogP contribution in [0.25, 0.3) is 0 Å². The molecule has 1 N–H and O–H groups in total. The second-order valence-electron chi connectivity index (χ2n) is 5.61. The van der Waals surface area contributed by atoms with Crippen molar-refractivity contribution in [2.75, 3.05) is 18.5 Å². The molecule has 0 aliphatic carbocycles. The lowest BCUT2D eigenvalue weighted by Crippen LogP contribution is -2.16. The van der Waals surface area contributed by atoms with Crippen molar-refractivity contribution in [1.29, 1.82) is 0 Å². The average molecular weight is 279 g/mol. The molecule has 0 amide bonds. The molecule has 2 heterocycles. The second-order valence-corrected chi connectivity index (χ2v) is 5.61. The minimum Gasteiger partial charge on any atom is -0.493 e. The maximum atomic E-state index is 12.8. The van der Waals surface area contributed by atoms with Crippen molar-refractivity contribution in [2.45, 2.75) is 19.3 Å². The Morgan fingerprint density at radius 3 is 3.05 bits per heavy atom. The Hall–Kier alpha value is -2.29. The van der Waals surface area contributed by atoms with Crippen LogP contribution >= 0.6 is 0 Å². The lowest BCUT2D eigenvalue weighted by Gasteiger charge is -2.20. The third kappa shape index (κ3) is 2.09. The largest absolute Gasteiger partial charge is 0.493 e. The number of carbonyl (C=O) groups excluding carboxylic acids is 1. The van der Waals surface area contributed by atoms with Gasteiger partial charge in [-0.05, 0) is 48.2 Å². The van der Waals surface area contributed by atoms with E-state index in [9.17, 15) is 4.79 Å². The standard InChI is InChI=1S/C18H17NO2/c20-18(13-6-7-17-12(11-13)8-10-21-17)15-3-1-5-16-14(15)4-2-9-19-16/h1,3,5-7,11,19H,2,4,8-10H2. The number of hydrogen-bond donors (Lipinski definition) is 1. The molecular formula is C18H17NO2. The van der Waals surface area contributed by atoms with E-state index in [-0.39, 0.29) is 5.78 Å². The Morgan fingerprint density at radius 2 is 2.10 bits per heavy atom. The molecule has 4 rings (SSSR count). The summed E-state index contributed by atoms with van der Waals surface area (Å²) in [6.45, 7) is 1.71. The van der Waals surface area contributed by atoms with Crippen molar-refractivity contribution in [2.24, 2.45) is 0 Å². The van der Waals surface area contributed by atoms with Gasteiger partial charge in [-0.25, -0.2) is 0 Å². The van der Waals surface area contributed by atoms with Gasteiger partial charge in [0.25, 0.3) is 0 Å². The Morgan fingerprint density at radius 1 is 1.14 bits per heavy atom. The van der Waals surface area contributed by atoms with E-state index in [1.165, 1.54) is 0 Å². The zero-order valence-electron chi connectivity index (χ0n) is 11.8. The molecule has 2 aliphatic rings. The van der Waals surface area contributed by atoms with Crippen LogP contribution in [-0.4, -0.2) is 18.9 Å². The molecule has 0 fully saturated rings. The summed E-state index contributed by atoms with van der Waals surface area (Å²) in [5.74, 6) is 1.04. The van der Waals surface area contributed by atoms with Gasteiger partial charge in [0.05, 0.1) is 6.61 Å². The highest BCUT2D eigenvalue weighted by atomic mass is 16.5. The van der Waals surface area contributed by atoms with Gasteiger partial charge in [-0.1, -0.05) is 12.1 Å². The monoisotopic (exact) mass is 279 g/mol. The molecular weight excluding hydrogens is 262 g/mol. The van der Waals surface area contributed by atoms with Gasteiger partial charge in [0.2, 0.25) is 0 Å². The third-order valence-corrected chi connectivity index (χ3v) is 4.29. The molecule has 2 aromatic rings. The summed E-state index contributed by atoms with van der Waals surface area (Å²) in [5, 5.41) is 3.38. The first kappa shape index (κ1) is 12.5. The van der Waals surface area contributed by atoms with Gasteiger partial charge in [0, 0.05) is 29.8 Å². The summed E-state index contributed by atoms with van der Waals surface area (Å²) in [5.41, 5.74) is 5.00. The molecule has 0 unspecified atom stereocenters. The zero-order chi connectivity index (χ0) is 14.2. The summed E-state index contributed by atoms with van der Waals surface area (Å²) < 4.78 is 5.51. The molecule has 0 spiro atoms. The van der Waals surface area contributed by atoms with E-state index in [0.717, 1.165) is 66.1 Å². The number of anilines is 1. The molecule has 0 saturated carbocycles. The Balaban J connectivity index is 1.75. The van der Waals surface area contributed by atoms with E-state index in [1.807, 2.05) is 30.3 Å². The molecule has 0 atom stereocenters. The van der Waals surface area contributed by atoms with Crippen LogP contribution in [0.5, 0.6) is 5.75 Å². The molecule has 21 heavy (non-hydrogen) atoms. The van der Waals surface area contributed by atoms with E-state index in [4.69, 9.17) is 4.74 Å². The van der Waals surface area contributed by atoms with E-state index in [0.29, 0.717) is 0 Å². The van der Waals surface area contributed by atoms with Crippen molar-refractivity contribution in [3.63, 3.8) is 0 Å². The van der Waals surface area contributed by atoms with Crippen LogP contribution in [0.15, 0.2) is 36.4 Å². The highest BCUT2D eigenvalue weighted by molar-refractivity contribution is 6.10. The van der Waals surface area contributed by atoms with Crippen LogP contribution in [-0.2, 0) is 12.8 Å². The van der Waals surface area contributed by atoms with Crippen molar-refractivity contribution >= 4 is 11.5 Å². The fourth-order valence-corrected chi connectivity index (χ4v) is 3.21. The second kappa shape index (κ2) is 4.92. The van der Waals surface area contributed by atoms with Crippen molar-refractivity contribution in [1.82, 2.24) is 0 Å². The lowest BCUT2D eigenvalue weighted by molar-refractivity contribution is 0.103. The van der Waals surface area contributed by atoms with Gasteiger partial charge in [0.1, 0.15) is 5.75 Å². The first-order chi connectivity index (χ1) is 10.3. The van der Waals surface area contributed by atoms with E-state index in [2.05, 4.69) is 11.4 Å². The van der Waals surface area contributed by atoms with Crippen LogP contribution in [0.1, 0.15) is 33.5 Å². The summed E-state index contributed by atoms with van der Waals surface area (Å²) in [4.78, 5) is 12.8. The number of benzene rings is 2. The minimum absolute atomic E-state index is 0.116. The van der Waals surface area contributed by atoms with Crippen LogP contribution in [0.2, 0.25) is 0 Å². The number of ether oxygens (including phenoxy) is 1. The van der Waals surface area contributed by atoms with Gasteiger partial charge in [-0.3, -0.25) is 4.79 Å². The predicted octanol–water partition coefficient (Wildman–Crippen LogP) is 3.21. The minimum atomic E-state index is 0.116. The maximum Gasteiger partial charge on any atom is 0.193 e. The zero-order valence-corrected chi connectivity index (χ0v) is 11.8. The molecule has 3 heteroatoms. The number of hydrogen-bond acceptors (Lipinski definition) is 3. The SMILES string of the molecule is O=C(c1ccc2c(c1)CCO2)c1cccc2c1CCCN2. The Kier molecular flexibility index (Phi) is 2.92. The van der Waals surface area contributed by atoms with Gasteiger partial charge >= 0.3 is 0 Å². The van der Waals surface area contributed by atoms with Gasteiger partial charge in [-0.15, -0.1) is 0 Å². The molecule has 0 radical (unpaired) electrons. The van der Waals surface area contributed by atoms with Gasteiger partial charge in [-0.2, -0.15) is 0 Å². The molecule has 0 saturated heterocycles. The first-order valence-electron chi connectivity index (χ1n) is 7.49. The normalized spacial score (nSPS) is 15.6. The molecule has 3 nitrogen and oxygen atoms in total. The highest BCUT2D eigenvalue weighted by Gasteiger charge is 2.20. The Bertz CT molecular complexity index is 721. The molecule has 0 aromatic heterocycles. The van der Waals surface area contributed by atoms with Crippen molar-refractivity contribution < 1.29 is 9.53 Å². The van der Waals surface area contributed by atoms with Gasteiger partial charge in [0.15, 0.2) is 5.78 Å². The highest BCUT2D eigenvalue weighted by Crippen LogP contribution is 2.30. The van der Waals surface area contributed by atoms with Crippen molar-refractivity contribution in [3.8, 4) is 5.75 Å². The average Bonchev–Trinajstić information content (AvgIpc) is 3.01. The summed E-state index contributed by atoms with van der Waals surface area (Å²) in [6.07, 6.45) is 2.94.